The van der Waals surface area contributed by atoms with E-state index in [4.69, 9.17) is 10.2 Å². The fourth-order valence-electron chi connectivity index (χ4n) is 1.67. The van der Waals surface area contributed by atoms with E-state index >= 15 is 0 Å². The van der Waals surface area contributed by atoms with Gasteiger partial charge in [-0.1, -0.05) is 24.3 Å². The second kappa shape index (κ2) is 6.02. The minimum Gasteiger partial charge on any atom is -0.459 e. The molecule has 0 fully saturated rings. The van der Waals surface area contributed by atoms with Gasteiger partial charge in [-0.3, -0.25) is 4.79 Å². The maximum absolute atomic E-state index is 11.6. The van der Waals surface area contributed by atoms with Crippen molar-refractivity contribution < 1.29 is 9.21 Å². The lowest BCUT2D eigenvalue weighted by Gasteiger charge is -2.05. The molecular formula is C14H16N2O2. The van der Waals surface area contributed by atoms with Crippen molar-refractivity contribution in [2.75, 3.05) is 6.54 Å². The van der Waals surface area contributed by atoms with Crippen molar-refractivity contribution in [1.82, 2.24) is 5.32 Å². The van der Waals surface area contributed by atoms with Gasteiger partial charge in [-0.05, 0) is 36.2 Å². The van der Waals surface area contributed by atoms with Gasteiger partial charge >= 0.3 is 0 Å². The van der Waals surface area contributed by atoms with E-state index in [0.29, 0.717) is 18.8 Å². The smallest absolute Gasteiger partial charge is 0.287 e. The topological polar surface area (TPSA) is 68.3 Å². The van der Waals surface area contributed by atoms with Crippen LogP contribution in [0.4, 0.5) is 0 Å². The number of nitrogens with two attached hydrogens (primary N) is 1. The van der Waals surface area contributed by atoms with Gasteiger partial charge in [0.05, 0.1) is 6.26 Å². The Balaban J connectivity index is 1.88. The zero-order chi connectivity index (χ0) is 12.8. The number of rotatable bonds is 5. The predicted octanol–water partition coefficient (Wildman–Crippen LogP) is 1.71. The van der Waals surface area contributed by atoms with Gasteiger partial charge in [0.15, 0.2) is 5.76 Å². The number of hydrogen-bond acceptors (Lipinski definition) is 3. The first-order valence-electron chi connectivity index (χ1n) is 5.89. The first kappa shape index (κ1) is 12.4. The molecule has 1 heterocycles. The number of amides is 1. The molecule has 2 rings (SSSR count). The molecule has 0 bridgehead atoms. The van der Waals surface area contributed by atoms with Gasteiger partial charge in [0, 0.05) is 6.54 Å². The van der Waals surface area contributed by atoms with Crippen molar-refractivity contribution in [3.05, 3.63) is 59.5 Å². The van der Waals surface area contributed by atoms with Crippen LogP contribution in [0.3, 0.4) is 0 Å². The maximum Gasteiger partial charge on any atom is 0.287 e. The minimum atomic E-state index is -0.203. The molecular weight excluding hydrogens is 228 g/mol. The van der Waals surface area contributed by atoms with Crippen molar-refractivity contribution >= 4 is 5.91 Å². The van der Waals surface area contributed by atoms with Crippen LogP contribution in [0.25, 0.3) is 0 Å². The minimum absolute atomic E-state index is 0.203. The zero-order valence-corrected chi connectivity index (χ0v) is 10.1. The van der Waals surface area contributed by atoms with Crippen molar-refractivity contribution in [1.29, 1.82) is 0 Å². The molecule has 0 unspecified atom stereocenters. The summed E-state index contributed by atoms with van der Waals surface area (Å²) in [4.78, 5) is 11.6. The quantitative estimate of drug-likeness (QED) is 0.841. The van der Waals surface area contributed by atoms with E-state index in [1.807, 2.05) is 24.3 Å². The van der Waals surface area contributed by atoms with Gasteiger partial charge in [0.2, 0.25) is 0 Å². The normalized spacial score (nSPS) is 10.3. The van der Waals surface area contributed by atoms with E-state index in [0.717, 1.165) is 12.0 Å². The van der Waals surface area contributed by atoms with Crippen LogP contribution in [0.2, 0.25) is 0 Å². The van der Waals surface area contributed by atoms with Gasteiger partial charge in [0.25, 0.3) is 5.91 Å². The molecule has 3 N–H and O–H groups in total. The van der Waals surface area contributed by atoms with Crippen LogP contribution in [0.1, 0.15) is 21.7 Å². The summed E-state index contributed by atoms with van der Waals surface area (Å²) >= 11 is 0. The van der Waals surface area contributed by atoms with Gasteiger partial charge in [-0.2, -0.15) is 0 Å². The Hall–Kier alpha value is -2.07. The van der Waals surface area contributed by atoms with Crippen LogP contribution < -0.4 is 11.1 Å². The fourth-order valence-corrected chi connectivity index (χ4v) is 1.67. The van der Waals surface area contributed by atoms with Gasteiger partial charge < -0.3 is 15.5 Å². The molecule has 4 heteroatoms. The van der Waals surface area contributed by atoms with Crippen molar-refractivity contribution in [3.63, 3.8) is 0 Å². The summed E-state index contributed by atoms with van der Waals surface area (Å²) in [5, 5.41) is 2.80. The Bertz CT molecular complexity index is 489. The molecule has 0 aliphatic heterocycles. The molecule has 1 aromatic carbocycles. The van der Waals surface area contributed by atoms with E-state index in [1.54, 1.807) is 12.1 Å². The maximum atomic E-state index is 11.6. The van der Waals surface area contributed by atoms with Crippen molar-refractivity contribution in [2.45, 2.75) is 13.0 Å². The Morgan fingerprint density at radius 1 is 1.17 bits per heavy atom. The lowest BCUT2D eigenvalue weighted by molar-refractivity contribution is 0.0923. The summed E-state index contributed by atoms with van der Waals surface area (Å²) in [5.41, 5.74) is 7.74. The van der Waals surface area contributed by atoms with Crippen LogP contribution >= 0.6 is 0 Å². The number of furan rings is 1. The number of carbonyl (C=O) groups excluding carboxylic acids is 1. The third-order valence-corrected chi connectivity index (χ3v) is 2.65. The molecule has 0 aliphatic rings. The number of nitrogens with one attached hydrogen (secondary N) is 1. The molecule has 94 valence electrons. The average molecular weight is 244 g/mol. The second-order valence-corrected chi connectivity index (χ2v) is 4.02. The van der Waals surface area contributed by atoms with Crippen LogP contribution in [0, 0.1) is 0 Å². The number of benzene rings is 1. The predicted molar refractivity (Wildman–Crippen MR) is 69.1 cm³/mol. The molecule has 1 aromatic heterocycles. The second-order valence-electron chi connectivity index (χ2n) is 4.02. The Morgan fingerprint density at radius 3 is 2.50 bits per heavy atom. The highest BCUT2D eigenvalue weighted by atomic mass is 16.3. The summed E-state index contributed by atoms with van der Waals surface area (Å²) in [7, 11) is 0. The van der Waals surface area contributed by atoms with E-state index in [9.17, 15) is 4.79 Å². The van der Waals surface area contributed by atoms with Gasteiger partial charge in [-0.15, -0.1) is 0 Å². The van der Waals surface area contributed by atoms with Crippen LogP contribution in [0.5, 0.6) is 0 Å². The third kappa shape index (κ3) is 3.21. The lowest BCUT2D eigenvalue weighted by Crippen LogP contribution is -2.22. The summed E-state index contributed by atoms with van der Waals surface area (Å²) < 4.78 is 5.01. The Kier molecular flexibility index (Phi) is 4.15. The molecule has 0 atom stereocenters. The van der Waals surface area contributed by atoms with E-state index in [2.05, 4.69) is 5.32 Å². The van der Waals surface area contributed by atoms with E-state index in [-0.39, 0.29) is 5.91 Å². The zero-order valence-electron chi connectivity index (χ0n) is 10.1. The molecule has 4 nitrogen and oxygen atoms in total. The Labute approximate surface area is 106 Å². The van der Waals surface area contributed by atoms with Gasteiger partial charge in [0.1, 0.15) is 0 Å². The fraction of sp³-hybridized carbons (Fsp3) is 0.214. The van der Waals surface area contributed by atoms with Crippen LogP contribution in [-0.4, -0.2) is 12.5 Å². The van der Waals surface area contributed by atoms with Crippen molar-refractivity contribution in [3.8, 4) is 0 Å². The summed E-state index contributed by atoms with van der Waals surface area (Å²) in [6, 6.07) is 11.4. The average Bonchev–Trinajstić information content (AvgIpc) is 2.92. The molecule has 0 spiro atoms. The molecule has 0 radical (unpaired) electrons. The summed E-state index contributed by atoms with van der Waals surface area (Å²) in [6.45, 7) is 1.14. The SMILES string of the molecule is NCCc1ccc(CNC(=O)c2ccco2)cc1. The first-order valence-corrected chi connectivity index (χ1v) is 5.89. The van der Waals surface area contributed by atoms with E-state index in [1.165, 1.54) is 11.8 Å². The highest BCUT2D eigenvalue weighted by Crippen LogP contribution is 2.05. The highest BCUT2D eigenvalue weighted by molar-refractivity contribution is 5.91. The largest absolute Gasteiger partial charge is 0.459 e. The summed E-state index contributed by atoms with van der Waals surface area (Å²) in [6.07, 6.45) is 2.36. The first-order chi connectivity index (χ1) is 8.79. The van der Waals surface area contributed by atoms with E-state index < -0.39 is 0 Å². The molecule has 18 heavy (non-hydrogen) atoms. The third-order valence-electron chi connectivity index (χ3n) is 2.65. The molecule has 1 amide bonds. The molecule has 0 saturated heterocycles. The van der Waals surface area contributed by atoms with Crippen LogP contribution in [0.15, 0.2) is 47.1 Å². The lowest BCUT2D eigenvalue weighted by atomic mass is 10.1. The van der Waals surface area contributed by atoms with Crippen LogP contribution in [-0.2, 0) is 13.0 Å². The highest BCUT2D eigenvalue weighted by Gasteiger charge is 2.07. The van der Waals surface area contributed by atoms with Crippen molar-refractivity contribution in [2.24, 2.45) is 5.73 Å². The standard InChI is InChI=1S/C14H16N2O2/c15-8-7-11-3-5-12(6-4-11)10-16-14(17)13-2-1-9-18-13/h1-6,9H,7-8,10,15H2,(H,16,17). The monoisotopic (exact) mass is 244 g/mol. The van der Waals surface area contributed by atoms with Gasteiger partial charge in [-0.25, -0.2) is 0 Å². The molecule has 2 aromatic rings. The molecule has 0 saturated carbocycles. The molecule has 0 aliphatic carbocycles. The summed E-state index contributed by atoms with van der Waals surface area (Å²) in [5.74, 6) is 0.126. The number of carbonyl (C=O) groups is 1. The number of hydrogen-bond donors (Lipinski definition) is 2. The Morgan fingerprint density at radius 2 is 1.89 bits per heavy atom.